The molecule has 134 valence electrons. The number of nitrogens with one attached hydrogen (secondary N) is 1. The van der Waals surface area contributed by atoms with Gasteiger partial charge >= 0.3 is 0 Å². The molecule has 1 saturated heterocycles. The first kappa shape index (κ1) is 16.7. The van der Waals surface area contributed by atoms with E-state index in [1.807, 2.05) is 31.2 Å². The molecule has 0 bridgehead atoms. The molecule has 26 heavy (non-hydrogen) atoms. The Kier molecular flexibility index (Phi) is 4.41. The molecule has 1 aromatic heterocycles. The van der Waals surface area contributed by atoms with Crippen LogP contribution < -0.4 is 10.2 Å². The molecule has 4 nitrogen and oxygen atoms in total. The molecule has 1 aliphatic rings. The second kappa shape index (κ2) is 6.86. The minimum absolute atomic E-state index is 0.413. The molecule has 3 aromatic rings. The van der Waals surface area contributed by atoms with Crippen LogP contribution in [-0.4, -0.2) is 29.6 Å². The first-order valence-electron chi connectivity index (χ1n) is 8.77. The first-order chi connectivity index (χ1) is 12.6. The number of aromatic nitrogens is 2. The molecule has 2 aromatic carbocycles. The molecule has 6 heteroatoms. The number of aryl methyl sites for hydroxylation is 1. The van der Waals surface area contributed by atoms with E-state index in [-0.39, 0.29) is 0 Å². The molecule has 0 aliphatic carbocycles. The van der Waals surface area contributed by atoms with Crippen LogP contribution in [0.2, 0.25) is 0 Å². The fourth-order valence-electron chi connectivity index (χ4n) is 3.41. The van der Waals surface area contributed by atoms with Gasteiger partial charge in [-0.2, -0.15) is 0 Å². The van der Waals surface area contributed by atoms with E-state index in [0.717, 1.165) is 54.3 Å². The lowest BCUT2D eigenvalue weighted by Gasteiger charge is -2.19. The minimum Gasteiger partial charge on any atom is -0.371 e. The molecule has 0 radical (unpaired) electrons. The monoisotopic (exact) mass is 354 g/mol. The summed E-state index contributed by atoms with van der Waals surface area (Å²) in [6.45, 7) is 4.36. The number of rotatable bonds is 4. The van der Waals surface area contributed by atoms with Crippen LogP contribution in [0.3, 0.4) is 0 Å². The van der Waals surface area contributed by atoms with Crippen LogP contribution in [0.4, 0.5) is 20.3 Å². The summed E-state index contributed by atoms with van der Waals surface area (Å²) < 4.78 is 26.5. The average molecular weight is 354 g/mol. The van der Waals surface area contributed by atoms with Crippen molar-refractivity contribution in [3.8, 4) is 0 Å². The van der Waals surface area contributed by atoms with Crippen LogP contribution in [0.1, 0.15) is 12.1 Å². The summed E-state index contributed by atoms with van der Waals surface area (Å²) in [6.07, 6.45) is 0.992. The summed E-state index contributed by atoms with van der Waals surface area (Å²) in [6, 6.07) is 11.9. The standard InChI is InChI=1S/C20H20F2N4/c1-13-20(25-19-5-3-2-4-18(19)24-13)23-11-14-8-9-26(12-14)15-6-7-16(21)17(22)10-15/h2-7,10,14H,8-9,11-12H2,1H3,(H,23,25). The Hall–Kier alpha value is -2.76. The molecule has 2 heterocycles. The molecule has 0 spiro atoms. The second-order valence-corrected chi connectivity index (χ2v) is 6.73. The quantitative estimate of drug-likeness (QED) is 0.764. The number of benzene rings is 2. The van der Waals surface area contributed by atoms with E-state index >= 15 is 0 Å². The molecular weight excluding hydrogens is 334 g/mol. The number of hydrogen-bond donors (Lipinski definition) is 1. The Balaban J connectivity index is 1.41. The van der Waals surface area contributed by atoms with Crippen molar-refractivity contribution >= 4 is 22.5 Å². The second-order valence-electron chi connectivity index (χ2n) is 6.73. The van der Waals surface area contributed by atoms with Crippen molar-refractivity contribution in [2.45, 2.75) is 13.3 Å². The predicted octanol–water partition coefficient (Wildman–Crippen LogP) is 4.15. The Morgan fingerprint density at radius 3 is 2.62 bits per heavy atom. The smallest absolute Gasteiger partial charge is 0.160 e. The molecule has 1 fully saturated rings. The zero-order valence-corrected chi connectivity index (χ0v) is 14.5. The van der Waals surface area contributed by atoms with Crippen LogP contribution in [0.25, 0.3) is 11.0 Å². The van der Waals surface area contributed by atoms with Gasteiger partial charge < -0.3 is 10.2 Å². The Labute approximate surface area is 150 Å². The highest BCUT2D eigenvalue weighted by molar-refractivity contribution is 5.76. The SMILES string of the molecule is Cc1nc2ccccc2nc1NCC1CCN(c2ccc(F)c(F)c2)C1. The summed E-state index contributed by atoms with van der Waals surface area (Å²) in [5, 5.41) is 3.41. The van der Waals surface area contributed by atoms with Crippen molar-refractivity contribution in [2.75, 3.05) is 29.9 Å². The van der Waals surface area contributed by atoms with Crippen LogP contribution in [0, 0.1) is 24.5 Å². The number of halogens is 2. The van der Waals surface area contributed by atoms with Gasteiger partial charge in [0.05, 0.1) is 16.7 Å². The Morgan fingerprint density at radius 2 is 1.85 bits per heavy atom. The molecular formula is C20H20F2N4. The van der Waals surface area contributed by atoms with Crippen molar-refractivity contribution in [1.82, 2.24) is 9.97 Å². The average Bonchev–Trinajstić information content (AvgIpc) is 3.11. The summed E-state index contributed by atoms with van der Waals surface area (Å²) >= 11 is 0. The molecule has 1 N–H and O–H groups in total. The van der Waals surface area contributed by atoms with Crippen molar-refractivity contribution in [2.24, 2.45) is 5.92 Å². The maximum absolute atomic E-state index is 13.4. The van der Waals surface area contributed by atoms with Gasteiger partial charge in [0.2, 0.25) is 0 Å². The van der Waals surface area contributed by atoms with E-state index in [9.17, 15) is 8.78 Å². The first-order valence-corrected chi connectivity index (χ1v) is 8.77. The number of hydrogen-bond acceptors (Lipinski definition) is 4. The van der Waals surface area contributed by atoms with Crippen LogP contribution in [-0.2, 0) is 0 Å². The number of fused-ring (bicyclic) bond motifs is 1. The van der Waals surface area contributed by atoms with Gasteiger partial charge in [0.1, 0.15) is 5.82 Å². The highest BCUT2D eigenvalue weighted by Crippen LogP contribution is 2.26. The fraction of sp³-hybridized carbons (Fsp3) is 0.300. The maximum atomic E-state index is 13.4. The largest absolute Gasteiger partial charge is 0.371 e. The van der Waals surface area contributed by atoms with Crippen molar-refractivity contribution in [3.05, 3.63) is 59.8 Å². The lowest BCUT2D eigenvalue weighted by atomic mass is 10.1. The summed E-state index contributed by atoms with van der Waals surface area (Å²) in [5.74, 6) is -0.395. The van der Waals surface area contributed by atoms with Gasteiger partial charge in [-0.3, -0.25) is 0 Å². The van der Waals surface area contributed by atoms with Gasteiger partial charge in [-0.05, 0) is 43.5 Å². The highest BCUT2D eigenvalue weighted by atomic mass is 19.2. The topological polar surface area (TPSA) is 41.1 Å². The third kappa shape index (κ3) is 3.31. The Morgan fingerprint density at radius 1 is 1.08 bits per heavy atom. The van der Waals surface area contributed by atoms with Gasteiger partial charge in [0.25, 0.3) is 0 Å². The van der Waals surface area contributed by atoms with Gasteiger partial charge in [0.15, 0.2) is 11.6 Å². The predicted molar refractivity (Wildman–Crippen MR) is 99.4 cm³/mol. The number of nitrogens with zero attached hydrogens (tertiary/aromatic N) is 3. The van der Waals surface area contributed by atoms with Crippen molar-refractivity contribution < 1.29 is 8.78 Å². The molecule has 1 atom stereocenters. The van der Waals surface area contributed by atoms with Crippen LogP contribution >= 0.6 is 0 Å². The zero-order chi connectivity index (χ0) is 18.1. The number of anilines is 2. The highest BCUT2D eigenvalue weighted by Gasteiger charge is 2.23. The maximum Gasteiger partial charge on any atom is 0.160 e. The van der Waals surface area contributed by atoms with E-state index in [4.69, 9.17) is 0 Å². The van der Waals surface area contributed by atoms with Crippen LogP contribution in [0.15, 0.2) is 42.5 Å². The van der Waals surface area contributed by atoms with Gasteiger partial charge in [-0.25, -0.2) is 18.7 Å². The van der Waals surface area contributed by atoms with E-state index in [1.165, 1.54) is 12.1 Å². The third-order valence-corrected chi connectivity index (χ3v) is 4.86. The molecule has 1 unspecified atom stereocenters. The molecule has 1 aliphatic heterocycles. The fourth-order valence-corrected chi connectivity index (χ4v) is 3.41. The van der Waals surface area contributed by atoms with E-state index in [1.54, 1.807) is 6.07 Å². The van der Waals surface area contributed by atoms with Crippen molar-refractivity contribution in [3.63, 3.8) is 0 Å². The Bertz CT molecular complexity index is 944. The minimum atomic E-state index is -0.809. The summed E-state index contributed by atoms with van der Waals surface area (Å²) in [4.78, 5) is 11.3. The van der Waals surface area contributed by atoms with Gasteiger partial charge in [-0.15, -0.1) is 0 Å². The molecule has 4 rings (SSSR count). The molecule has 0 saturated carbocycles. The van der Waals surface area contributed by atoms with Crippen LogP contribution in [0.5, 0.6) is 0 Å². The van der Waals surface area contributed by atoms with E-state index in [0.29, 0.717) is 5.92 Å². The normalized spacial score (nSPS) is 17.0. The third-order valence-electron chi connectivity index (χ3n) is 4.86. The molecule has 0 amide bonds. The lowest BCUT2D eigenvalue weighted by Crippen LogP contribution is -2.23. The summed E-state index contributed by atoms with van der Waals surface area (Å²) in [7, 11) is 0. The lowest BCUT2D eigenvalue weighted by molar-refractivity contribution is 0.508. The van der Waals surface area contributed by atoms with E-state index < -0.39 is 11.6 Å². The van der Waals surface area contributed by atoms with E-state index in [2.05, 4.69) is 20.2 Å². The zero-order valence-electron chi connectivity index (χ0n) is 14.5. The number of para-hydroxylation sites is 2. The van der Waals surface area contributed by atoms with Crippen molar-refractivity contribution in [1.29, 1.82) is 0 Å². The summed E-state index contributed by atoms with van der Waals surface area (Å²) in [5.41, 5.74) is 3.36. The van der Waals surface area contributed by atoms with Gasteiger partial charge in [0, 0.05) is 31.4 Å². The van der Waals surface area contributed by atoms with Gasteiger partial charge in [-0.1, -0.05) is 12.1 Å².